The van der Waals surface area contributed by atoms with Crippen molar-refractivity contribution in [3.8, 4) is 11.5 Å². The highest BCUT2D eigenvalue weighted by Crippen LogP contribution is 2.25. The number of para-hydroxylation sites is 1. The smallest absolute Gasteiger partial charge is 0.240 e. The maximum atomic E-state index is 12.3. The summed E-state index contributed by atoms with van der Waals surface area (Å²) in [5, 5.41) is 2.78. The average molecular weight is 437 g/mol. The predicted octanol–water partition coefficient (Wildman–Crippen LogP) is 3.89. The highest BCUT2D eigenvalue weighted by Gasteiger charge is 2.21. The number of anilines is 1. The van der Waals surface area contributed by atoms with Crippen LogP contribution in [0.25, 0.3) is 0 Å². The fourth-order valence-electron chi connectivity index (χ4n) is 2.44. The van der Waals surface area contributed by atoms with Gasteiger partial charge in [0.25, 0.3) is 0 Å². The highest BCUT2D eigenvalue weighted by atomic mass is 32.2. The van der Waals surface area contributed by atoms with Gasteiger partial charge in [0.2, 0.25) is 15.9 Å². The number of carbonyl (C=O) groups excluding carboxylic acids is 1. The van der Waals surface area contributed by atoms with Gasteiger partial charge in [-0.1, -0.05) is 39.0 Å². The number of rotatable bonds is 9. The molecule has 158 valence electrons. The topological polar surface area (TPSA) is 75.7 Å². The average Bonchev–Trinajstić information content (AvgIpc) is 2.63. The first-order valence-electron chi connectivity index (χ1n) is 9.26. The van der Waals surface area contributed by atoms with E-state index >= 15 is 0 Å². The number of thioether (sulfide) groups is 1. The normalized spacial score (nSPS) is 11.7. The third-order valence-electron chi connectivity index (χ3n) is 3.75. The lowest BCUT2D eigenvalue weighted by atomic mass is 10.3. The van der Waals surface area contributed by atoms with E-state index in [2.05, 4.69) is 26.1 Å². The van der Waals surface area contributed by atoms with Crippen LogP contribution in [0.5, 0.6) is 11.5 Å². The van der Waals surface area contributed by atoms with Gasteiger partial charge in [-0.2, -0.15) is 11.8 Å². The van der Waals surface area contributed by atoms with Crippen LogP contribution in [0.1, 0.15) is 20.8 Å². The Labute approximate surface area is 177 Å². The van der Waals surface area contributed by atoms with Gasteiger partial charge in [-0.3, -0.25) is 9.10 Å². The maximum absolute atomic E-state index is 12.3. The highest BCUT2D eigenvalue weighted by molar-refractivity contribution is 8.00. The summed E-state index contributed by atoms with van der Waals surface area (Å²) in [6.07, 6.45) is 1.09. The lowest BCUT2D eigenvalue weighted by Gasteiger charge is -2.22. The summed E-state index contributed by atoms with van der Waals surface area (Å²) in [6, 6.07) is 15.9. The summed E-state index contributed by atoms with van der Waals surface area (Å²) in [5.41, 5.74) is 0.409. The van der Waals surface area contributed by atoms with Crippen LogP contribution in [-0.4, -0.2) is 44.2 Å². The molecule has 29 heavy (non-hydrogen) atoms. The standard InChI is InChI=1S/C21H28N2O4S2/c1-21(2,3)28-15-14-22-20(24)16-23(29(4,25)26)17-10-12-19(13-11-17)27-18-8-6-5-7-9-18/h5-13H,14-16H2,1-4H3,(H,22,24). The van der Waals surface area contributed by atoms with Crippen LogP contribution < -0.4 is 14.4 Å². The number of hydrogen-bond acceptors (Lipinski definition) is 5. The van der Waals surface area contributed by atoms with E-state index in [-0.39, 0.29) is 17.2 Å². The van der Waals surface area contributed by atoms with Crippen LogP contribution in [0.4, 0.5) is 5.69 Å². The SMILES string of the molecule is CC(C)(C)SCCNC(=O)CN(c1ccc(Oc2ccccc2)cc1)S(C)(=O)=O. The molecule has 0 fully saturated rings. The molecule has 0 unspecified atom stereocenters. The predicted molar refractivity (Wildman–Crippen MR) is 120 cm³/mol. The molecule has 0 heterocycles. The van der Waals surface area contributed by atoms with Crippen molar-refractivity contribution < 1.29 is 17.9 Å². The molecule has 0 aliphatic rings. The first-order valence-corrected chi connectivity index (χ1v) is 12.1. The molecule has 2 aromatic rings. The maximum Gasteiger partial charge on any atom is 0.240 e. The Kier molecular flexibility index (Phi) is 7.98. The zero-order chi connectivity index (χ0) is 21.5. The number of sulfonamides is 1. The Hall–Kier alpha value is -2.19. The van der Waals surface area contributed by atoms with Crippen LogP contribution >= 0.6 is 11.8 Å². The quantitative estimate of drug-likeness (QED) is 0.604. The zero-order valence-corrected chi connectivity index (χ0v) is 18.8. The van der Waals surface area contributed by atoms with Crippen molar-refractivity contribution in [2.75, 3.05) is 29.4 Å². The van der Waals surface area contributed by atoms with Crippen LogP contribution in [0, 0.1) is 0 Å². The number of nitrogens with zero attached hydrogens (tertiary/aromatic N) is 1. The molecular formula is C21H28N2O4S2. The lowest BCUT2D eigenvalue weighted by molar-refractivity contribution is -0.119. The monoisotopic (exact) mass is 436 g/mol. The third kappa shape index (κ3) is 8.37. The zero-order valence-electron chi connectivity index (χ0n) is 17.2. The Morgan fingerprint density at radius 3 is 2.17 bits per heavy atom. The summed E-state index contributed by atoms with van der Waals surface area (Å²) < 4.78 is 31.4. The van der Waals surface area contributed by atoms with E-state index in [0.29, 0.717) is 23.7 Å². The Bertz CT molecular complexity index is 893. The van der Waals surface area contributed by atoms with Crippen molar-refractivity contribution in [3.63, 3.8) is 0 Å². The summed E-state index contributed by atoms with van der Waals surface area (Å²) in [4.78, 5) is 12.3. The summed E-state index contributed by atoms with van der Waals surface area (Å²) in [5.74, 6) is 1.69. The van der Waals surface area contributed by atoms with E-state index in [1.807, 2.05) is 30.3 Å². The fraction of sp³-hybridized carbons (Fsp3) is 0.381. The molecule has 1 amide bonds. The van der Waals surface area contributed by atoms with E-state index in [9.17, 15) is 13.2 Å². The van der Waals surface area contributed by atoms with Gasteiger partial charge in [-0.05, 0) is 36.4 Å². The third-order valence-corrected chi connectivity index (χ3v) is 6.17. The first kappa shape index (κ1) is 23.1. The van der Waals surface area contributed by atoms with E-state index in [1.165, 1.54) is 0 Å². The number of hydrogen-bond donors (Lipinski definition) is 1. The largest absolute Gasteiger partial charge is 0.457 e. The number of ether oxygens (including phenoxy) is 1. The van der Waals surface area contributed by atoms with E-state index in [1.54, 1.807) is 36.0 Å². The molecule has 6 nitrogen and oxygen atoms in total. The lowest BCUT2D eigenvalue weighted by Crippen LogP contribution is -2.41. The van der Waals surface area contributed by atoms with Crippen molar-refractivity contribution in [2.45, 2.75) is 25.5 Å². The summed E-state index contributed by atoms with van der Waals surface area (Å²) in [6.45, 7) is 6.54. The second-order valence-corrected chi connectivity index (χ2v) is 11.3. The molecule has 0 saturated heterocycles. The molecular weight excluding hydrogens is 408 g/mol. The Morgan fingerprint density at radius 2 is 1.62 bits per heavy atom. The van der Waals surface area contributed by atoms with Crippen molar-refractivity contribution in [1.29, 1.82) is 0 Å². The van der Waals surface area contributed by atoms with Gasteiger partial charge >= 0.3 is 0 Å². The molecule has 0 atom stereocenters. The van der Waals surface area contributed by atoms with Crippen molar-refractivity contribution in [3.05, 3.63) is 54.6 Å². The molecule has 0 aliphatic carbocycles. The molecule has 0 saturated carbocycles. The van der Waals surface area contributed by atoms with Crippen molar-refractivity contribution in [1.82, 2.24) is 5.32 Å². The molecule has 0 spiro atoms. The van der Waals surface area contributed by atoms with Crippen LogP contribution in [0.3, 0.4) is 0 Å². The molecule has 0 bridgehead atoms. The van der Waals surface area contributed by atoms with Crippen LogP contribution in [0.15, 0.2) is 54.6 Å². The molecule has 0 radical (unpaired) electrons. The van der Waals surface area contributed by atoms with Crippen molar-refractivity contribution in [2.24, 2.45) is 0 Å². The van der Waals surface area contributed by atoms with Gasteiger partial charge in [-0.15, -0.1) is 0 Å². The van der Waals surface area contributed by atoms with E-state index in [0.717, 1.165) is 16.3 Å². The minimum Gasteiger partial charge on any atom is -0.457 e. The van der Waals surface area contributed by atoms with Gasteiger partial charge in [0.05, 0.1) is 11.9 Å². The van der Waals surface area contributed by atoms with Gasteiger partial charge < -0.3 is 10.1 Å². The Morgan fingerprint density at radius 1 is 1.03 bits per heavy atom. The summed E-state index contributed by atoms with van der Waals surface area (Å²) >= 11 is 1.74. The fourth-order valence-corrected chi connectivity index (χ4v) is 4.11. The van der Waals surface area contributed by atoms with Crippen LogP contribution in [0.2, 0.25) is 0 Å². The van der Waals surface area contributed by atoms with Gasteiger partial charge in [-0.25, -0.2) is 8.42 Å². The first-order chi connectivity index (χ1) is 13.5. The summed E-state index contributed by atoms with van der Waals surface area (Å²) in [7, 11) is -3.61. The van der Waals surface area contributed by atoms with Gasteiger partial charge in [0, 0.05) is 17.0 Å². The van der Waals surface area contributed by atoms with Gasteiger partial charge in [0.15, 0.2) is 0 Å². The van der Waals surface area contributed by atoms with Crippen LogP contribution in [-0.2, 0) is 14.8 Å². The number of carbonyl (C=O) groups is 1. The second-order valence-electron chi connectivity index (χ2n) is 7.49. The number of nitrogens with one attached hydrogen (secondary N) is 1. The molecule has 0 aliphatic heterocycles. The number of benzene rings is 2. The number of amides is 1. The molecule has 1 N–H and O–H groups in total. The van der Waals surface area contributed by atoms with E-state index < -0.39 is 10.0 Å². The van der Waals surface area contributed by atoms with Crippen molar-refractivity contribution >= 4 is 33.4 Å². The molecule has 8 heteroatoms. The van der Waals surface area contributed by atoms with Gasteiger partial charge in [0.1, 0.15) is 18.0 Å². The minimum atomic E-state index is -3.61. The minimum absolute atomic E-state index is 0.118. The van der Waals surface area contributed by atoms with E-state index in [4.69, 9.17) is 4.74 Å². The second kappa shape index (κ2) is 10.0. The molecule has 0 aromatic heterocycles. The molecule has 2 rings (SSSR count). The Balaban J connectivity index is 2.00. The molecule has 2 aromatic carbocycles.